The van der Waals surface area contributed by atoms with Gasteiger partial charge in [-0.2, -0.15) is 0 Å². The molecular weight excluding hydrogens is 318 g/mol. The van der Waals surface area contributed by atoms with Crippen LogP contribution in [0.4, 0.5) is 10.5 Å². The van der Waals surface area contributed by atoms with Crippen LogP contribution in [0.1, 0.15) is 12.8 Å². The Hall–Kier alpha value is -0.780. The maximum atomic E-state index is 11.7. The minimum atomic E-state index is -0.126. The number of hydrogen-bond acceptors (Lipinski definition) is 2. The first kappa shape index (κ1) is 15.3. The number of amides is 2. The topological polar surface area (TPSA) is 53.2 Å². The van der Waals surface area contributed by atoms with E-state index in [1.54, 1.807) is 0 Å². The first-order valence-electron chi connectivity index (χ1n) is 5.78. The van der Waals surface area contributed by atoms with Gasteiger partial charge in [0.25, 0.3) is 0 Å². The molecule has 1 aromatic carbocycles. The zero-order chi connectivity index (χ0) is 12.1. The van der Waals surface area contributed by atoms with Crippen LogP contribution >= 0.6 is 28.3 Å². The number of benzene rings is 1. The lowest BCUT2D eigenvalue weighted by Gasteiger charge is -2.23. The summed E-state index contributed by atoms with van der Waals surface area (Å²) in [5.41, 5.74) is 0.805. The summed E-state index contributed by atoms with van der Waals surface area (Å²) in [6, 6.07) is 7.70. The normalized spacial score (nSPS) is 15.6. The predicted molar refractivity (Wildman–Crippen MR) is 79.4 cm³/mol. The first-order valence-corrected chi connectivity index (χ1v) is 6.57. The molecule has 3 N–H and O–H groups in total. The zero-order valence-corrected chi connectivity index (χ0v) is 12.3. The molecule has 4 nitrogen and oxygen atoms in total. The van der Waals surface area contributed by atoms with E-state index in [4.69, 9.17) is 0 Å². The molecule has 6 heteroatoms. The second kappa shape index (κ2) is 7.61. The van der Waals surface area contributed by atoms with Gasteiger partial charge >= 0.3 is 6.03 Å². The molecule has 0 aromatic heterocycles. The van der Waals surface area contributed by atoms with E-state index < -0.39 is 0 Å². The standard InChI is InChI=1S/C12H16BrN3O.ClH/c13-9-1-3-10(4-2-9)15-12(17)16-11-5-7-14-8-6-11;/h1-4,11,14H,5-8H2,(H2,15,16,17);1H. The zero-order valence-electron chi connectivity index (χ0n) is 9.91. The molecular formula is C12H17BrClN3O. The Bertz CT molecular complexity index is 379. The Kier molecular flexibility index (Phi) is 6.46. The summed E-state index contributed by atoms with van der Waals surface area (Å²) < 4.78 is 1.00. The van der Waals surface area contributed by atoms with E-state index in [1.807, 2.05) is 24.3 Å². The van der Waals surface area contributed by atoms with Crippen molar-refractivity contribution in [3.05, 3.63) is 28.7 Å². The fraction of sp³-hybridized carbons (Fsp3) is 0.417. The molecule has 0 bridgehead atoms. The van der Waals surface area contributed by atoms with Gasteiger partial charge in [-0.05, 0) is 50.2 Å². The van der Waals surface area contributed by atoms with Gasteiger partial charge in [-0.25, -0.2) is 4.79 Å². The Morgan fingerprint density at radius 2 is 1.83 bits per heavy atom. The Morgan fingerprint density at radius 3 is 2.44 bits per heavy atom. The summed E-state index contributed by atoms with van der Waals surface area (Å²) in [7, 11) is 0. The summed E-state index contributed by atoms with van der Waals surface area (Å²) in [5.74, 6) is 0. The van der Waals surface area contributed by atoms with Crippen LogP contribution in [0.15, 0.2) is 28.7 Å². The van der Waals surface area contributed by atoms with E-state index in [1.165, 1.54) is 0 Å². The average Bonchev–Trinajstić information content (AvgIpc) is 2.33. The van der Waals surface area contributed by atoms with Gasteiger partial charge in [-0.3, -0.25) is 0 Å². The summed E-state index contributed by atoms with van der Waals surface area (Å²) in [5, 5.41) is 9.07. The SMILES string of the molecule is Cl.O=C(Nc1ccc(Br)cc1)NC1CCNCC1. The molecule has 1 aliphatic heterocycles. The molecule has 0 radical (unpaired) electrons. The highest BCUT2D eigenvalue weighted by molar-refractivity contribution is 9.10. The highest BCUT2D eigenvalue weighted by Gasteiger charge is 2.14. The molecule has 18 heavy (non-hydrogen) atoms. The second-order valence-electron chi connectivity index (χ2n) is 4.13. The van der Waals surface area contributed by atoms with Gasteiger partial charge < -0.3 is 16.0 Å². The van der Waals surface area contributed by atoms with E-state index in [9.17, 15) is 4.79 Å². The van der Waals surface area contributed by atoms with Gasteiger partial charge in [0, 0.05) is 16.2 Å². The van der Waals surface area contributed by atoms with Crippen molar-refractivity contribution in [3.8, 4) is 0 Å². The van der Waals surface area contributed by atoms with Crippen molar-refractivity contribution in [3.63, 3.8) is 0 Å². The van der Waals surface area contributed by atoms with Gasteiger partial charge in [0.2, 0.25) is 0 Å². The van der Waals surface area contributed by atoms with Crippen LogP contribution in [0.5, 0.6) is 0 Å². The number of hydrogen-bond donors (Lipinski definition) is 3. The number of piperidine rings is 1. The van der Waals surface area contributed by atoms with Crippen molar-refractivity contribution < 1.29 is 4.79 Å². The average molecular weight is 335 g/mol. The van der Waals surface area contributed by atoms with E-state index in [0.29, 0.717) is 0 Å². The number of urea groups is 1. The van der Waals surface area contributed by atoms with E-state index >= 15 is 0 Å². The molecule has 0 aliphatic carbocycles. The van der Waals surface area contributed by atoms with Crippen LogP contribution in [0.25, 0.3) is 0 Å². The van der Waals surface area contributed by atoms with Crippen molar-refractivity contribution in [1.82, 2.24) is 10.6 Å². The van der Waals surface area contributed by atoms with Gasteiger partial charge in [0.15, 0.2) is 0 Å². The van der Waals surface area contributed by atoms with Crippen molar-refractivity contribution >= 4 is 40.1 Å². The molecule has 0 saturated carbocycles. The Balaban J connectivity index is 0.00000162. The van der Waals surface area contributed by atoms with E-state index in [0.717, 1.165) is 36.1 Å². The predicted octanol–water partition coefficient (Wildman–Crippen LogP) is 2.74. The largest absolute Gasteiger partial charge is 0.335 e. The number of nitrogens with one attached hydrogen (secondary N) is 3. The third-order valence-electron chi connectivity index (χ3n) is 2.78. The molecule has 2 rings (SSSR count). The van der Waals surface area contributed by atoms with Crippen molar-refractivity contribution in [2.24, 2.45) is 0 Å². The fourth-order valence-corrected chi connectivity index (χ4v) is 2.12. The van der Waals surface area contributed by atoms with Crippen molar-refractivity contribution in [2.45, 2.75) is 18.9 Å². The summed E-state index contributed by atoms with van der Waals surface area (Å²) in [6.07, 6.45) is 1.99. The Labute approximate surface area is 121 Å². The highest BCUT2D eigenvalue weighted by Crippen LogP contribution is 2.14. The summed E-state index contributed by atoms with van der Waals surface area (Å²) in [6.45, 7) is 1.95. The third kappa shape index (κ3) is 4.84. The smallest absolute Gasteiger partial charge is 0.319 e. The first-order chi connectivity index (χ1) is 8.24. The van der Waals surface area contributed by atoms with Crippen molar-refractivity contribution in [1.29, 1.82) is 0 Å². The quantitative estimate of drug-likeness (QED) is 0.779. The second-order valence-corrected chi connectivity index (χ2v) is 5.05. The molecule has 1 heterocycles. The van der Waals surface area contributed by atoms with Gasteiger partial charge in [-0.15, -0.1) is 12.4 Å². The molecule has 0 atom stereocenters. The number of carbonyl (C=O) groups is 1. The lowest BCUT2D eigenvalue weighted by atomic mass is 10.1. The minimum absolute atomic E-state index is 0. The molecule has 100 valence electrons. The van der Waals surface area contributed by atoms with Crippen LogP contribution < -0.4 is 16.0 Å². The number of rotatable bonds is 2. The number of anilines is 1. The molecule has 1 saturated heterocycles. The van der Waals surface area contributed by atoms with E-state index in [-0.39, 0.29) is 24.5 Å². The van der Waals surface area contributed by atoms with Crippen LogP contribution in [0, 0.1) is 0 Å². The minimum Gasteiger partial charge on any atom is -0.335 e. The van der Waals surface area contributed by atoms with Gasteiger partial charge in [0.1, 0.15) is 0 Å². The maximum Gasteiger partial charge on any atom is 0.319 e. The van der Waals surface area contributed by atoms with Gasteiger partial charge in [0.05, 0.1) is 0 Å². The van der Waals surface area contributed by atoms with Gasteiger partial charge in [-0.1, -0.05) is 15.9 Å². The van der Waals surface area contributed by atoms with Crippen molar-refractivity contribution in [2.75, 3.05) is 18.4 Å². The Morgan fingerprint density at radius 1 is 1.22 bits per heavy atom. The van der Waals surface area contributed by atoms with Crippen LogP contribution in [-0.2, 0) is 0 Å². The molecule has 1 aliphatic rings. The molecule has 1 fully saturated rings. The van der Waals surface area contributed by atoms with Crippen LogP contribution in [-0.4, -0.2) is 25.2 Å². The lowest BCUT2D eigenvalue weighted by Crippen LogP contribution is -2.44. The monoisotopic (exact) mass is 333 g/mol. The molecule has 0 spiro atoms. The molecule has 1 aromatic rings. The molecule has 2 amide bonds. The third-order valence-corrected chi connectivity index (χ3v) is 3.31. The number of halogens is 2. The van der Waals surface area contributed by atoms with E-state index in [2.05, 4.69) is 31.9 Å². The van der Waals surface area contributed by atoms with Crippen LogP contribution in [0.2, 0.25) is 0 Å². The maximum absolute atomic E-state index is 11.7. The lowest BCUT2D eigenvalue weighted by molar-refractivity contribution is 0.245. The fourth-order valence-electron chi connectivity index (χ4n) is 1.85. The summed E-state index contributed by atoms with van der Waals surface area (Å²) >= 11 is 3.36. The molecule has 0 unspecified atom stereocenters. The summed E-state index contributed by atoms with van der Waals surface area (Å²) in [4.78, 5) is 11.7. The highest BCUT2D eigenvalue weighted by atomic mass is 79.9. The van der Waals surface area contributed by atoms with Crippen LogP contribution in [0.3, 0.4) is 0 Å². The number of carbonyl (C=O) groups excluding carboxylic acids is 1.